The number of hydrogen-bond donors (Lipinski definition) is 5. The summed E-state index contributed by atoms with van der Waals surface area (Å²) >= 11 is 0. The van der Waals surface area contributed by atoms with E-state index in [1.165, 1.54) is 18.2 Å². The Hall–Kier alpha value is -2.06. The van der Waals surface area contributed by atoms with Crippen molar-refractivity contribution in [3.63, 3.8) is 0 Å². The summed E-state index contributed by atoms with van der Waals surface area (Å²) in [4.78, 5) is 25.8. The molecule has 0 fully saturated rings. The first-order valence-electron chi connectivity index (χ1n) is 8.58. The number of aliphatic hydroxyl groups excluding tert-OH is 3. The Morgan fingerprint density at radius 2 is 1.81 bits per heavy atom. The smallest absolute Gasteiger partial charge is 0.174 e. The minimum atomic E-state index is -2.50. The molecule has 0 heterocycles. The maximum Gasteiger partial charge on any atom is 0.174 e. The van der Waals surface area contributed by atoms with Crippen LogP contribution < -0.4 is 0 Å². The van der Waals surface area contributed by atoms with E-state index in [2.05, 4.69) is 0 Å². The van der Waals surface area contributed by atoms with Crippen LogP contribution in [0.4, 0.5) is 0 Å². The van der Waals surface area contributed by atoms with Crippen LogP contribution in [0.15, 0.2) is 29.3 Å². The fourth-order valence-corrected chi connectivity index (χ4v) is 4.74. The maximum absolute atomic E-state index is 13.1. The highest BCUT2D eigenvalue weighted by molar-refractivity contribution is 6.11. The summed E-state index contributed by atoms with van der Waals surface area (Å²) in [5, 5.41) is 53.2. The lowest BCUT2D eigenvalue weighted by Gasteiger charge is -2.52. The Morgan fingerprint density at radius 3 is 2.50 bits per heavy atom. The molecule has 0 unspecified atom stereocenters. The largest absolute Gasteiger partial charge is 0.508 e. The molecule has 1 aromatic rings. The lowest BCUT2D eigenvalue weighted by atomic mass is 9.56. The molecule has 0 saturated heterocycles. The first kappa shape index (κ1) is 17.4. The molecule has 0 saturated carbocycles. The highest BCUT2D eigenvalue weighted by atomic mass is 16.4. The van der Waals surface area contributed by atoms with Gasteiger partial charge >= 0.3 is 0 Å². The standard InChI is InChI=1S/C19H20O7/c1-7-5-9-12(11(21)6-7)14-15(22)8-3-2-4-10(20)13(8)17(24)19(14,26)18(25)16(9)23/h2-4,7,14,16-18,20,23-26H,5-6H2,1H3/t7-,14-,16-,17+,18-,19-/m1/s1. The van der Waals surface area contributed by atoms with Crippen molar-refractivity contribution in [2.45, 2.75) is 43.7 Å². The molecule has 7 nitrogen and oxygen atoms in total. The van der Waals surface area contributed by atoms with Crippen LogP contribution in [-0.4, -0.2) is 54.9 Å². The van der Waals surface area contributed by atoms with Crippen molar-refractivity contribution in [1.29, 1.82) is 0 Å². The van der Waals surface area contributed by atoms with Gasteiger partial charge in [0.15, 0.2) is 11.6 Å². The summed E-state index contributed by atoms with van der Waals surface area (Å²) in [6.07, 6.45) is -4.82. The molecule has 7 heteroatoms. The first-order chi connectivity index (χ1) is 12.2. The van der Waals surface area contributed by atoms with E-state index in [-0.39, 0.29) is 40.4 Å². The predicted octanol–water partition coefficient (Wildman–Crippen LogP) is 0.000200. The fourth-order valence-electron chi connectivity index (χ4n) is 4.74. The average Bonchev–Trinajstić information content (AvgIpc) is 2.58. The van der Waals surface area contributed by atoms with Crippen molar-refractivity contribution in [3.05, 3.63) is 40.5 Å². The molecular weight excluding hydrogens is 340 g/mol. The van der Waals surface area contributed by atoms with Crippen molar-refractivity contribution >= 4 is 11.6 Å². The zero-order valence-electron chi connectivity index (χ0n) is 14.1. The van der Waals surface area contributed by atoms with Gasteiger partial charge in [0.1, 0.15) is 29.7 Å². The Labute approximate surface area is 149 Å². The predicted molar refractivity (Wildman–Crippen MR) is 88.3 cm³/mol. The number of fused-ring (bicyclic) bond motifs is 3. The first-order valence-corrected chi connectivity index (χ1v) is 8.58. The van der Waals surface area contributed by atoms with E-state index >= 15 is 0 Å². The number of rotatable bonds is 0. The van der Waals surface area contributed by atoms with Crippen molar-refractivity contribution in [2.75, 3.05) is 0 Å². The summed E-state index contributed by atoms with van der Waals surface area (Å²) in [5.41, 5.74) is -2.48. The number of benzene rings is 1. The van der Waals surface area contributed by atoms with Gasteiger partial charge < -0.3 is 25.5 Å². The van der Waals surface area contributed by atoms with Gasteiger partial charge in [-0.3, -0.25) is 9.59 Å². The van der Waals surface area contributed by atoms with Crippen LogP contribution >= 0.6 is 0 Å². The van der Waals surface area contributed by atoms with E-state index in [0.29, 0.717) is 6.42 Å². The molecule has 138 valence electrons. The van der Waals surface area contributed by atoms with Gasteiger partial charge in [0.25, 0.3) is 0 Å². The van der Waals surface area contributed by atoms with Crippen molar-refractivity contribution < 1.29 is 35.1 Å². The number of ketones is 2. The second kappa shape index (κ2) is 5.47. The highest BCUT2D eigenvalue weighted by Gasteiger charge is 2.64. The number of aliphatic hydroxyl groups is 4. The van der Waals surface area contributed by atoms with E-state index in [0.717, 1.165) is 0 Å². The quantitative estimate of drug-likeness (QED) is 0.439. The van der Waals surface area contributed by atoms with E-state index < -0.39 is 41.4 Å². The monoisotopic (exact) mass is 360 g/mol. The fraction of sp³-hybridized carbons (Fsp3) is 0.474. The van der Waals surface area contributed by atoms with Gasteiger partial charge in [0.2, 0.25) is 0 Å². The number of phenolic OH excluding ortho intramolecular Hbond substituents is 1. The number of phenols is 1. The summed E-state index contributed by atoms with van der Waals surface area (Å²) < 4.78 is 0. The van der Waals surface area contributed by atoms with Crippen LogP contribution in [0.1, 0.15) is 41.8 Å². The summed E-state index contributed by atoms with van der Waals surface area (Å²) in [5.74, 6) is -2.99. The third-order valence-corrected chi connectivity index (χ3v) is 5.95. The van der Waals surface area contributed by atoms with Gasteiger partial charge in [-0.1, -0.05) is 19.1 Å². The second-order valence-corrected chi connectivity index (χ2v) is 7.59. The molecule has 0 radical (unpaired) electrons. The number of aromatic hydroxyl groups is 1. The molecule has 26 heavy (non-hydrogen) atoms. The van der Waals surface area contributed by atoms with Crippen molar-refractivity contribution in [1.82, 2.24) is 0 Å². The minimum Gasteiger partial charge on any atom is -0.508 e. The van der Waals surface area contributed by atoms with E-state index in [9.17, 15) is 35.1 Å². The van der Waals surface area contributed by atoms with Gasteiger partial charge in [-0.05, 0) is 24.0 Å². The molecule has 0 spiro atoms. The summed E-state index contributed by atoms with van der Waals surface area (Å²) in [7, 11) is 0. The third kappa shape index (κ3) is 1.97. The zero-order chi connectivity index (χ0) is 19.0. The van der Waals surface area contributed by atoms with Crippen molar-refractivity contribution in [3.8, 4) is 5.75 Å². The van der Waals surface area contributed by atoms with E-state index in [1.54, 1.807) is 0 Å². The van der Waals surface area contributed by atoms with Gasteiger partial charge in [-0.2, -0.15) is 0 Å². The van der Waals surface area contributed by atoms with Gasteiger partial charge in [0.05, 0.1) is 5.92 Å². The zero-order valence-corrected chi connectivity index (χ0v) is 14.1. The van der Waals surface area contributed by atoms with E-state index in [4.69, 9.17) is 0 Å². The van der Waals surface area contributed by atoms with Crippen LogP contribution in [0.2, 0.25) is 0 Å². The number of hydrogen-bond acceptors (Lipinski definition) is 7. The molecule has 4 rings (SSSR count). The Bertz CT molecular complexity index is 857. The summed E-state index contributed by atoms with van der Waals surface area (Å²) in [6, 6.07) is 4.08. The molecular formula is C19H20O7. The van der Waals surface area contributed by atoms with Crippen LogP contribution in [-0.2, 0) is 4.79 Å². The molecule has 5 N–H and O–H groups in total. The lowest BCUT2D eigenvalue weighted by Crippen LogP contribution is -2.66. The van der Waals surface area contributed by atoms with Crippen molar-refractivity contribution in [2.24, 2.45) is 11.8 Å². The van der Waals surface area contributed by atoms with Gasteiger partial charge in [-0.15, -0.1) is 0 Å². The summed E-state index contributed by atoms with van der Waals surface area (Å²) in [6.45, 7) is 1.83. The Balaban J connectivity index is 2.01. The molecule has 0 aliphatic heterocycles. The highest BCUT2D eigenvalue weighted by Crippen LogP contribution is 2.54. The van der Waals surface area contributed by atoms with Crippen LogP contribution in [0.25, 0.3) is 0 Å². The lowest BCUT2D eigenvalue weighted by molar-refractivity contribution is -0.198. The average molecular weight is 360 g/mol. The van der Waals surface area contributed by atoms with Gasteiger partial charge in [0, 0.05) is 23.1 Å². The van der Waals surface area contributed by atoms with Crippen LogP contribution in [0, 0.1) is 11.8 Å². The number of Topliss-reactive ketones (excluding diaryl/α,β-unsaturated/α-hetero) is 2. The third-order valence-electron chi connectivity index (χ3n) is 5.95. The molecule has 0 bridgehead atoms. The molecule has 6 atom stereocenters. The molecule has 3 aliphatic carbocycles. The van der Waals surface area contributed by atoms with E-state index in [1.807, 2.05) is 6.92 Å². The molecule has 1 aromatic carbocycles. The number of carbonyl (C=O) groups excluding carboxylic acids is 2. The number of carbonyl (C=O) groups is 2. The molecule has 0 aromatic heterocycles. The minimum absolute atomic E-state index is 0.00552. The van der Waals surface area contributed by atoms with Crippen LogP contribution in [0.3, 0.4) is 0 Å². The van der Waals surface area contributed by atoms with Gasteiger partial charge in [-0.25, -0.2) is 0 Å². The second-order valence-electron chi connectivity index (χ2n) is 7.59. The molecule has 0 amide bonds. The topological polar surface area (TPSA) is 135 Å². The van der Waals surface area contributed by atoms with Crippen LogP contribution in [0.5, 0.6) is 5.75 Å². The normalized spacial score (nSPS) is 39.3. The Morgan fingerprint density at radius 1 is 1.12 bits per heavy atom. The SMILES string of the molecule is C[C@H]1CC(=O)C2=C(C1)[C@@H](O)[C@@H](O)[C@@]1(O)[C@H]2C(=O)c2cccc(O)c2[C@@H]1O. The molecule has 3 aliphatic rings. The maximum atomic E-state index is 13.1. The Kier molecular flexibility index (Phi) is 3.65.